The minimum absolute atomic E-state index is 0.262. The molecule has 3 heteroatoms. The summed E-state index contributed by atoms with van der Waals surface area (Å²) >= 11 is 0. The van der Waals surface area contributed by atoms with Gasteiger partial charge in [-0.2, -0.15) is 0 Å². The van der Waals surface area contributed by atoms with Crippen LogP contribution in [-0.4, -0.2) is 18.2 Å². The number of unbranched alkanes of at least 4 members (excludes halogenated alkanes) is 2. The monoisotopic (exact) mass is 315 g/mol. The summed E-state index contributed by atoms with van der Waals surface area (Å²) in [5, 5.41) is 2.78. The molecule has 23 heavy (non-hydrogen) atoms. The summed E-state index contributed by atoms with van der Waals surface area (Å²) in [5.74, 6) is 6.41. The average molecular weight is 315 g/mol. The van der Waals surface area contributed by atoms with E-state index in [0.29, 0.717) is 6.61 Å². The summed E-state index contributed by atoms with van der Waals surface area (Å²) in [7, 11) is 0. The lowest BCUT2D eigenvalue weighted by Gasteiger charge is -2.19. The van der Waals surface area contributed by atoms with E-state index in [0.717, 1.165) is 31.2 Å². The lowest BCUT2D eigenvalue weighted by molar-refractivity contribution is 0.136. The van der Waals surface area contributed by atoms with Crippen molar-refractivity contribution in [1.29, 1.82) is 0 Å². The fourth-order valence-electron chi connectivity index (χ4n) is 2.02. The molecule has 0 aromatic heterocycles. The Hall–Kier alpha value is -1.95. The van der Waals surface area contributed by atoms with E-state index in [1.54, 1.807) is 0 Å². The van der Waals surface area contributed by atoms with Gasteiger partial charge in [0, 0.05) is 17.5 Å². The molecule has 0 atom stereocenters. The molecule has 0 aliphatic carbocycles. The molecule has 0 saturated carbocycles. The highest BCUT2D eigenvalue weighted by atomic mass is 16.5. The van der Waals surface area contributed by atoms with Crippen molar-refractivity contribution in [3.63, 3.8) is 0 Å². The molecule has 0 aliphatic rings. The SMILES string of the molecule is CCCCC#Cc1cccc(CCCOC(=O)NC(C)(C)C)c1. The predicted molar refractivity (Wildman–Crippen MR) is 95.4 cm³/mol. The number of carbonyl (C=O) groups excluding carboxylic acids is 1. The molecule has 0 spiro atoms. The van der Waals surface area contributed by atoms with Crippen LogP contribution in [-0.2, 0) is 11.2 Å². The van der Waals surface area contributed by atoms with Gasteiger partial charge >= 0.3 is 6.09 Å². The maximum atomic E-state index is 11.5. The first-order valence-corrected chi connectivity index (χ1v) is 8.43. The lowest BCUT2D eigenvalue weighted by atomic mass is 10.1. The number of alkyl carbamates (subject to hydrolysis) is 1. The maximum absolute atomic E-state index is 11.5. The molecule has 1 amide bonds. The Morgan fingerprint density at radius 1 is 1.26 bits per heavy atom. The second kappa shape index (κ2) is 9.94. The average Bonchev–Trinajstić information content (AvgIpc) is 2.47. The van der Waals surface area contributed by atoms with Crippen molar-refractivity contribution in [3.05, 3.63) is 35.4 Å². The molecule has 1 aromatic carbocycles. The van der Waals surface area contributed by atoms with Crippen molar-refractivity contribution in [3.8, 4) is 11.8 Å². The number of benzene rings is 1. The van der Waals surface area contributed by atoms with Gasteiger partial charge in [0.2, 0.25) is 0 Å². The van der Waals surface area contributed by atoms with E-state index < -0.39 is 0 Å². The van der Waals surface area contributed by atoms with E-state index in [1.807, 2.05) is 32.9 Å². The van der Waals surface area contributed by atoms with Crippen LogP contribution < -0.4 is 5.32 Å². The number of carbonyl (C=O) groups is 1. The Morgan fingerprint density at radius 3 is 2.74 bits per heavy atom. The van der Waals surface area contributed by atoms with E-state index in [4.69, 9.17) is 4.74 Å². The Morgan fingerprint density at radius 2 is 2.04 bits per heavy atom. The van der Waals surface area contributed by atoms with Gasteiger partial charge in [0.25, 0.3) is 0 Å². The van der Waals surface area contributed by atoms with Crippen LogP contribution in [0.25, 0.3) is 0 Å². The largest absolute Gasteiger partial charge is 0.450 e. The summed E-state index contributed by atoms with van der Waals surface area (Å²) in [6, 6.07) is 8.28. The summed E-state index contributed by atoms with van der Waals surface area (Å²) in [6.07, 6.45) is 4.63. The van der Waals surface area contributed by atoms with Crippen LogP contribution in [0.1, 0.15) is 64.5 Å². The van der Waals surface area contributed by atoms with Crippen LogP contribution in [0.15, 0.2) is 24.3 Å². The third-order valence-corrected chi connectivity index (χ3v) is 3.14. The van der Waals surface area contributed by atoms with Gasteiger partial charge in [-0.05, 0) is 57.7 Å². The van der Waals surface area contributed by atoms with Crippen molar-refractivity contribution in [1.82, 2.24) is 5.32 Å². The molecular formula is C20H29NO2. The van der Waals surface area contributed by atoms with Gasteiger partial charge in [0.05, 0.1) is 6.61 Å². The molecule has 126 valence electrons. The van der Waals surface area contributed by atoms with Gasteiger partial charge in [-0.1, -0.05) is 37.3 Å². The molecule has 0 aliphatic heterocycles. The number of aryl methyl sites for hydroxylation is 1. The number of ether oxygens (including phenoxy) is 1. The summed E-state index contributed by atoms with van der Waals surface area (Å²) in [6.45, 7) is 8.39. The van der Waals surface area contributed by atoms with Crippen molar-refractivity contribution < 1.29 is 9.53 Å². The summed E-state index contributed by atoms with van der Waals surface area (Å²) < 4.78 is 5.18. The van der Waals surface area contributed by atoms with E-state index >= 15 is 0 Å². The molecule has 1 rings (SSSR count). The smallest absolute Gasteiger partial charge is 0.407 e. The van der Waals surface area contributed by atoms with Gasteiger partial charge < -0.3 is 10.1 Å². The van der Waals surface area contributed by atoms with Crippen LogP contribution in [0.3, 0.4) is 0 Å². The molecular weight excluding hydrogens is 286 g/mol. The van der Waals surface area contributed by atoms with Gasteiger partial charge in [-0.15, -0.1) is 0 Å². The summed E-state index contributed by atoms with van der Waals surface area (Å²) in [5.41, 5.74) is 2.03. The minimum Gasteiger partial charge on any atom is -0.450 e. The third-order valence-electron chi connectivity index (χ3n) is 3.14. The van der Waals surface area contributed by atoms with Crippen molar-refractivity contribution in [2.45, 2.75) is 65.3 Å². The third kappa shape index (κ3) is 9.63. The van der Waals surface area contributed by atoms with Crippen molar-refractivity contribution >= 4 is 6.09 Å². The highest BCUT2D eigenvalue weighted by Crippen LogP contribution is 2.07. The topological polar surface area (TPSA) is 38.3 Å². The fourth-order valence-corrected chi connectivity index (χ4v) is 2.02. The van der Waals surface area contributed by atoms with Gasteiger partial charge in [-0.25, -0.2) is 4.79 Å². The van der Waals surface area contributed by atoms with Crippen LogP contribution >= 0.6 is 0 Å². The van der Waals surface area contributed by atoms with E-state index in [1.165, 1.54) is 12.0 Å². The number of hydrogen-bond acceptors (Lipinski definition) is 2. The number of hydrogen-bond donors (Lipinski definition) is 1. The molecule has 3 nitrogen and oxygen atoms in total. The van der Waals surface area contributed by atoms with Crippen LogP contribution in [0.2, 0.25) is 0 Å². The van der Waals surface area contributed by atoms with Gasteiger partial charge in [0.1, 0.15) is 0 Å². The normalized spacial score (nSPS) is 10.6. The van der Waals surface area contributed by atoms with Crippen molar-refractivity contribution in [2.75, 3.05) is 6.61 Å². The minimum atomic E-state index is -0.354. The van der Waals surface area contributed by atoms with Crippen LogP contribution in [0.4, 0.5) is 4.79 Å². The van der Waals surface area contributed by atoms with Gasteiger partial charge in [-0.3, -0.25) is 0 Å². The Bertz CT molecular complexity index is 547. The standard InChI is InChI=1S/C20H29NO2/c1-5-6-7-8-11-17-12-9-13-18(16-17)14-10-15-23-19(22)21-20(2,3)4/h9,12-13,16H,5-7,10,14-15H2,1-4H3,(H,21,22). The van der Waals surface area contributed by atoms with Gasteiger partial charge in [0.15, 0.2) is 0 Å². The zero-order valence-corrected chi connectivity index (χ0v) is 14.9. The second-order valence-electron chi connectivity index (χ2n) is 6.72. The number of rotatable bonds is 6. The molecule has 0 heterocycles. The molecule has 0 bridgehead atoms. The second-order valence-corrected chi connectivity index (χ2v) is 6.72. The maximum Gasteiger partial charge on any atom is 0.407 e. The zero-order chi connectivity index (χ0) is 17.1. The Labute approximate surface area is 140 Å². The van der Waals surface area contributed by atoms with Crippen molar-refractivity contribution in [2.24, 2.45) is 0 Å². The highest BCUT2D eigenvalue weighted by molar-refractivity contribution is 5.68. The molecule has 0 fully saturated rings. The first-order valence-electron chi connectivity index (χ1n) is 8.43. The molecule has 0 saturated heterocycles. The Balaban J connectivity index is 2.35. The highest BCUT2D eigenvalue weighted by Gasteiger charge is 2.14. The van der Waals surface area contributed by atoms with Crippen LogP contribution in [0.5, 0.6) is 0 Å². The summed E-state index contributed by atoms with van der Waals surface area (Å²) in [4.78, 5) is 11.5. The molecule has 0 unspecified atom stereocenters. The lowest BCUT2D eigenvalue weighted by Crippen LogP contribution is -2.41. The fraction of sp³-hybridized carbons (Fsp3) is 0.550. The first-order chi connectivity index (χ1) is 10.9. The molecule has 0 radical (unpaired) electrons. The van der Waals surface area contributed by atoms with E-state index in [-0.39, 0.29) is 11.6 Å². The Kier molecular flexibility index (Phi) is 8.26. The first kappa shape index (κ1) is 19.1. The number of nitrogens with one attached hydrogen (secondary N) is 1. The van der Waals surface area contributed by atoms with Crippen LogP contribution in [0, 0.1) is 11.8 Å². The molecule has 1 N–H and O–H groups in total. The van der Waals surface area contributed by atoms with E-state index in [9.17, 15) is 4.79 Å². The zero-order valence-electron chi connectivity index (χ0n) is 14.9. The predicted octanol–water partition coefficient (Wildman–Crippen LogP) is 4.69. The quantitative estimate of drug-likeness (QED) is 0.611. The molecule has 1 aromatic rings. The van der Waals surface area contributed by atoms with E-state index in [2.05, 4.69) is 36.2 Å². The number of amides is 1.